The summed E-state index contributed by atoms with van der Waals surface area (Å²) in [4.78, 5) is 37.7. The lowest BCUT2D eigenvalue weighted by Crippen LogP contribution is -2.30. The number of unbranched alkanes of at least 4 members (excludes halogenated alkanes) is 22. The van der Waals surface area contributed by atoms with Gasteiger partial charge in [-0.05, 0) is 64.2 Å². The van der Waals surface area contributed by atoms with Gasteiger partial charge in [0.25, 0.3) is 0 Å². The highest BCUT2D eigenvalue weighted by atomic mass is 16.6. The van der Waals surface area contributed by atoms with Gasteiger partial charge in [-0.25, -0.2) is 0 Å². The molecule has 58 heavy (non-hydrogen) atoms. The molecule has 6 heteroatoms. The monoisotopic (exact) mass is 811 g/mol. The predicted molar refractivity (Wildman–Crippen MR) is 247 cm³/mol. The topological polar surface area (TPSA) is 78.9 Å². The second-order valence-corrected chi connectivity index (χ2v) is 16.0. The molecule has 1 atom stereocenters. The molecule has 0 spiro atoms. The van der Waals surface area contributed by atoms with Gasteiger partial charge in [0.05, 0.1) is 0 Å². The Kier molecular flexibility index (Phi) is 44.5. The third kappa shape index (κ3) is 44.2. The Balaban J connectivity index is 4.45. The normalized spacial score (nSPS) is 12.5. The molecule has 0 radical (unpaired) electrons. The summed E-state index contributed by atoms with van der Waals surface area (Å²) in [5.74, 6) is -1.04. The lowest BCUT2D eigenvalue weighted by atomic mass is 10.0. The molecule has 334 valence electrons. The van der Waals surface area contributed by atoms with Crippen LogP contribution in [-0.4, -0.2) is 37.2 Å². The van der Waals surface area contributed by atoms with Crippen LogP contribution in [0, 0.1) is 0 Å². The van der Waals surface area contributed by atoms with Crippen LogP contribution in [0.1, 0.15) is 233 Å². The van der Waals surface area contributed by atoms with Crippen LogP contribution in [0.4, 0.5) is 0 Å². The van der Waals surface area contributed by atoms with Crippen LogP contribution in [0.5, 0.6) is 0 Å². The maximum Gasteiger partial charge on any atom is 0.306 e. The highest BCUT2D eigenvalue weighted by Gasteiger charge is 2.19. The van der Waals surface area contributed by atoms with Gasteiger partial charge < -0.3 is 14.2 Å². The van der Waals surface area contributed by atoms with Crippen molar-refractivity contribution >= 4 is 17.9 Å². The lowest BCUT2D eigenvalue weighted by Gasteiger charge is -2.18. The minimum atomic E-state index is -0.820. The molecule has 0 saturated carbocycles. The minimum Gasteiger partial charge on any atom is -0.462 e. The molecule has 1 unspecified atom stereocenters. The predicted octanol–water partition coefficient (Wildman–Crippen LogP) is 15.7. The molecule has 0 aliphatic heterocycles. The molecule has 6 nitrogen and oxygen atoms in total. The molecule has 0 aromatic heterocycles. The van der Waals surface area contributed by atoms with E-state index in [4.69, 9.17) is 14.2 Å². The van der Waals surface area contributed by atoms with Crippen molar-refractivity contribution in [3.63, 3.8) is 0 Å². The summed E-state index contributed by atoms with van der Waals surface area (Å²) in [7, 11) is 0. The van der Waals surface area contributed by atoms with Gasteiger partial charge >= 0.3 is 17.9 Å². The smallest absolute Gasteiger partial charge is 0.306 e. The van der Waals surface area contributed by atoms with E-state index < -0.39 is 12.1 Å². The first-order valence-corrected chi connectivity index (χ1v) is 24.3. The first kappa shape index (κ1) is 55.1. The van der Waals surface area contributed by atoms with E-state index in [2.05, 4.69) is 75.5 Å². The molecule has 0 aliphatic rings. The maximum absolute atomic E-state index is 12.7. The van der Waals surface area contributed by atoms with Crippen molar-refractivity contribution in [1.82, 2.24) is 0 Å². The van der Waals surface area contributed by atoms with E-state index in [0.29, 0.717) is 19.3 Å². The number of allylic oxidation sites excluding steroid dienone is 10. The molecule has 0 rings (SSSR count). The van der Waals surface area contributed by atoms with Crippen molar-refractivity contribution in [2.45, 2.75) is 239 Å². The van der Waals surface area contributed by atoms with Crippen molar-refractivity contribution in [3.8, 4) is 0 Å². The van der Waals surface area contributed by atoms with E-state index in [0.717, 1.165) is 57.8 Å². The Hall–Kier alpha value is -2.89. The molecular formula is C52H90O6. The van der Waals surface area contributed by atoms with Crippen LogP contribution in [0.2, 0.25) is 0 Å². The van der Waals surface area contributed by atoms with Crippen molar-refractivity contribution in [2.24, 2.45) is 0 Å². The number of hydrogen-bond acceptors (Lipinski definition) is 6. The summed E-state index contributed by atoms with van der Waals surface area (Å²) in [5, 5.41) is 0. The van der Waals surface area contributed by atoms with Gasteiger partial charge in [0, 0.05) is 19.3 Å². The Labute approximate surface area is 358 Å². The van der Waals surface area contributed by atoms with E-state index >= 15 is 0 Å². The number of rotatable bonds is 43. The van der Waals surface area contributed by atoms with Gasteiger partial charge in [-0.3, -0.25) is 14.4 Å². The van der Waals surface area contributed by atoms with E-state index in [9.17, 15) is 14.4 Å². The van der Waals surface area contributed by atoms with Crippen LogP contribution in [0.15, 0.2) is 60.8 Å². The Morgan fingerprint density at radius 1 is 0.362 bits per heavy atom. The van der Waals surface area contributed by atoms with Crippen LogP contribution >= 0.6 is 0 Å². The molecule has 0 N–H and O–H groups in total. The molecule has 0 fully saturated rings. The second kappa shape index (κ2) is 46.8. The summed E-state index contributed by atoms with van der Waals surface area (Å²) in [5.41, 5.74) is 0. The summed E-state index contributed by atoms with van der Waals surface area (Å²) < 4.78 is 16.6. The molecule has 0 aliphatic carbocycles. The molecule has 0 amide bonds. The quantitative estimate of drug-likeness (QED) is 0.0264. The van der Waals surface area contributed by atoms with Gasteiger partial charge in [-0.2, -0.15) is 0 Å². The summed E-state index contributed by atoms with van der Waals surface area (Å²) in [6.45, 7) is 6.41. The zero-order valence-corrected chi connectivity index (χ0v) is 38.0. The standard InChI is InChI=1S/C52H90O6/c1-4-7-10-13-16-19-22-24-25-26-28-30-33-36-39-42-45-51(54)57-48-49(47-56-50(53)44-41-38-35-32-29-21-18-15-12-9-6-3)58-52(55)46-43-40-37-34-31-27-23-20-17-14-11-8-5-2/h9,12,18,21,27,31-32,35,37,40,49H,4-8,10-11,13-17,19-20,22-26,28-30,33-34,36,38-39,41-48H2,1-3H3/b12-9-,21-18-,31-27-,35-32-,40-37-. The lowest BCUT2D eigenvalue weighted by molar-refractivity contribution is -0.166. The third-order valence-corrected chi connectivity index (χ3v) is 10.3. The Bertz CT molecular complexity index is 1070. The van der Waals surface area contributed by atoms with Crippen molar-refractivity contribution < 1.29 is 28.6 Å². The summed E-state index contributed by atoms with van der Waals surface area (Å²) >= 11 is 0. The van der Waals surface area contributed by atoms with E-state index in [-0.39, 0.29) is 38.0 Å². The number of esters is 3. The SMILES string of the molecule is CC/C=C\C/C=C\C/C=C\CCCC(=O)OCC(COC(=O)CCCCCCCCCCCCCCCCCC)OC(=O)CC/C=C\C/C=C\CCCCCCCC. The summed E-state index contributed by atoms with van der Waals surface area (Å²) in [6, 6.07) is 0. The molecule has 0 aromatic carbocycles. The third-order valence-electron chi connectivity index (χ3n) is 10.3. The van der Waals surface area contributed by atoms with Crippen molar-refractivity contribution in [1.29, 1.82) is 0 Å². The van der Waals surface area contributed by atoms with Crippen LogP contribution in [0.3, 0.4) is 0 Å². The van der Waals surface area contributed by atoms with Crippen LogP contribution in [-0.2, 0) is 28.6 Å². The van der Waals surface area contributed by atoms with E-state index in [1.165, 1.54) is 122 Å². The Morgan fingerprint density at radius 2 is 0.724 bits per heavy atom. The van der Waals surface area contributed by atoms with Gasteiger partial charge in [0.15, 0.2) is 6.10 Å². The Morgan fingerprint density at radius 3 is 1.19 bits per heavy atom. The highest BCUT2D eigenvalue weighted by Crippen LogP contribution is 2.15. The first-order chi connectivity index (χ1) is 28.5. The van der Waals surface area contributed by atoms with Crippen LogP contribution < -0.4 is 0 Å². The van der Waals surface area contributed by atoms with Gasteiger partial charge in [0.2, 0.25) is 0 Å². The zero-order valence-electron chi connectivity index (χ0n) is 38.0. The van der Waals surface area contributed by atoms with Crippen molar-refractivity contribution in [2.75, 3.05) is 13.2 Å². The van der Waals surface area contributed by atoms with E-state index in [1.807, 2.05) is 6.08 Å². The van der Waals surface area contributed by atoms with Gasteiger partial charge in [-0.1, -0.05) is 210 Å². The highest BCUT2D eigenvalue weighted by molar-refractivity contribution is 5.71. The average Bonchev–Trinajstić information content (AvgIpc) is 3.22. The number of carbonyl (C=O) groups is 3. The van der Waals surface area contributed by atoms with Crippen molar-refractivity contribution in [3.05, 3.63) is 60.8 Å². The number of ether oxygens (including phenoxy) is 3. The van der Waals surface area contributed by atoms with E-state index in [1.54, 1.807) is 0 Å². The minimum absolute atomic E-state index is 0.111. The van der Waals surface area contributed by atoms with Gasteiger partial charge in [-0.15, -0.1) is 0 Å². The molecule has 0 saturated heterocycles. The van der Waals surface area contributed by atoms with Gasteiger partial charge in [0.1, 0.15) is 13.2 Å². The number of carbonyl (C=O) groups excluding carboxylic acids is 3. The first-order valence-electron chi connectivity index (χ1n) is 24.3. The molecule has 0 bridgehead atoms. The maximum atomic E-state index is 12.7. The number of hydrogen-bond donors (Lipinski definition) is 0. The van der Waals surface area contributed by atoms with Crippen LogP contribution in [0.25, 0.3) is 0 Å². The molecular weight excluding hydrogens is 721 g/mol. The fourth-order valence-corrected chi connectivity index (χ4v) is 6.64. The molecule has 0 aromatic rings. The fraction of sp³-hybridized carbons (Fsp3) is 0.750. The summed E-state index contributed by atoms with van der Waals surface area (Å²) in [6.07, 6.45) is 56.6. The molecule has 0 heterocycles. The zero-order chi connectivity index (χ0) is 42.3. The second-order valence-electron chi connectivity index (χ2n) is 16.0. The average molecular weight is 811 g/mol. The fourth-order valence-electron chi connectivity index (χ4n) is 6.64. The largest absolute Gasteiger partial charge is 0.462 e.